The lowest BCUT2D eigenvalue weighted by atomic mass is 9.77. The number of hydrogen-bond donors (Lipinski definition) is 3. The van der Waals surface area contributed by atoms with Crippen LogP contribution >= 0.6 is 11.6 Å². The molecule has 0 heterocycles. The van der Waals surface area contributed by atoms with Crippen molar-refractivity contribution in [2.24, 2.45) is 0 Å². The van der Waals surface area contributed by atoms with Gasteiger partial charge in [-0.05, 0) is 31.4 Å². The normalized spacial score (nSPS) is 17.1. The quantitative estimate of drug-likeness (QED) is 0.776. The van der Waals surface area contributed by atoms with Gasteiger partial charge in [-0.25, -0.2) is 4.79 Å². The first-order valence-electron chi connectivity index (χ1n) is 5.60. The molecule has 1 aromatic carbocycles. The van der Waals surface area contributed by atoms with Gasteiger partial charge in [0, 0.05) is 0 Å². The van der Waals surface area contributed by atoms with Gasteiger partial charge in [0.25, 0.3) is 0 Å². The van der Waals surface area contributed by atoms with Crippen LogP contribution in [0.3, 0.4) is 0 Å². The SMILES string of the molecule is O=C(Nc1ccccc1Cl)NC1(CO)CCC1. The van der Waals surface area contributed by atoms with Crippen molar-refractivity contribution < 1.29 is 9.90 Å². The number of aliphatic hydroxyl groups is 1. The van der Waals surface area contributed by atoms with E-state index in [0.717, 1.165) is 19.3 Å². The molecule has 0 saturated heterocycles. The van der Waals surface area contributed by atoms with E-state index < -0.39 is 5.54 Å². The van der Waals surface area contributed by atoms with Crippen LogP contribution in [0.25, 0.3) is 0 Å². The van der Waals surface area contributed by atoms with E-state index in [2.05, 4.69) is 10.6 Å². The second-order valence-electron chi connectivity index (χ2n) is 4.35. The predicted molar refractivity (Wildman–Crippen MR) is 67.3 cm³/mol. The molecule has 0 aliphatic heterocycles. The van der Waals surface area contributed by atoms with Crippen molar-refractivity contribution in [1.82, 2.24) is 5.32 Å². The van der Waals surface area contributed by atoms with Crippen molar-refractivity contribution >= 4 is 23.3 Å². The highest BCUT2D eigenvalue weighted by atomic mass is 35.5. The molecule has 1 saturated carbocycles. The first-order chi connectivity index (χ1) is 8.15. The van der Waals surface area contributed by atoms with Crippen molar-refractivity contribution in [3.63, 3.8) is 0 Å². The molecule has 2 rings (SSSR count). The number of rotatable bonds is 3. The van der Waals surface area contributed by atoms with Crippen LogP contribution in [-0.2, 0) is 0 Å². The molecular weight excluding hydrogens is 240 g/mol. The zero-order valence-corrected chi connectivity index (χ0v) is 10.1. The molecule has 2 amide bonds. The van der Waals surface area contributed by atoms with Gasteiger partial charge >= 0.3 is 6.03 Å². The number of para-hydroxylation sites is 1. The molecule has 92 valence electrons. The van der Waals surface area contributed by atoms with Gasteiger partial charge in [0.05, 0.1) is 22.9 Å². The number of anilines is 1. The van der Waals surface area contributed by atoms with Crippen LogP contribution in [0.1, 0.15) is 19.3 Å². The molecule has 4 nitrogen and oxygen atoms in total. The monoisotopic (exact) mass is 254 g/mol. The third-order valence-electron chi connectivity index (χ3n) is 3.11. The standard InChI is InChI=1S/C12H15ClN2O2/c13-9-4-1-2-5-10(9)14-11(17)15-12(8-16)6-3-7-12/h1-2,4-5,16H,3,6-8H2,(H2,14,15,17). The Kier molecular flexibility index (Phi) is 3.54. The largest absolute Gasteiger partial charge is 0.394 e. The van der Waals surface area contributed by atoms with E-state index in [-0.39, 0.29) is 12.6 Å². The highest BCUT2D eigenvalue weighted by molar-refractivity contribution is 6.33. The summed E-state index contributed by atoms with van der Waals surface area (Å²) >= 11 is 5.93. The lowest BCUT2D eigenvalue weighted by Crippen LogP contribution is -2.57. The first-order valence-corrected chi connectivity index (χ1v) is 5.98. The van der Waals surface area contributed by atoms with Crippen molar-refractivity contribution in [3.05, 3.63) is 29.3 Å². The smallest absolute Gasteiger partial charge is 0.319 e. The minimum absolute atomic E-state index is 0.0249. The fourth-order valence-corrected chi connectivity index (χ4v) is 2.07. The Balaban J connectivity index is 1.96. The van der Waals surface area contributed by atoms with Gasteiger partial charge in [0.15, 0.2) is 0 Å². The van der Waals surface area contributed by atoms with Gasteiger partial charge in [0.1, 0.15) is 0 Å². The Hall–Kier alpha value is -1.26. The van der Waals surface area contributed by atoms with E-state index in [1.807, 2.05) is 0 Å². The van der Waals surface area contributed by atoms with Gasteiger partial charge in [-0.1, -0.05) is 23.7 Å². The molecule has 0 unspecified atom stereocenters. The average molecular weight is 255 g/mol. The maximum atomic E-state index is 11.7. The van der Waals surface area contributed by atoms with E-state index in [9.17, 15) is 9.90 Å². The second-order valence-corrected chi connectivity index (χ2v) is 4.76. The molecule has 17 heavy (non-hydrogen) atoms. The molecule has 0 radical (unpaired) electrons. The fraction of sp³-hybridized carbons (Fsp3) is 0.417. The number of urea groups is 1. The Morgan fingerprint density at radius 3 is 2.65 bits per heavy atom. The van der Waals surface area contributed by atoms with Gasteiger partial charge < -0.3 is 15.7 Å². The number of aliphatic hydroxyl groups excluding tert-OH is 1. The number of nitrogens with one attached hydrogen (secondary N) is 2. The van der Waals surface area contributed by atoms with E-state index in [4.69, 9.17) is 11.6 Å². The zero-order valence-electron chi connectivity index (χ0n) is 9.37. The molecule has 3 N–H and O–H groups in total. The van der Waals surface area contributed by atoms with E-state index in [0.29, 0.717) is 10.7 Å². The van der Waals surface area contributed by atoms with E-state index >= 15 is 0 Å². The summed E-state index contributed by atoms with van der Waals surface area (Å²) in [5.41, 5.74) is 0.129. The molecule has 0 atom stereocenters. The summed E-state index contributed by atoms with van der Waals surface area (Å²) in [6.07, 6.45) is 2.67. The minimum atomic E-state index is -0.439. The number of carbonyl (C=O) groups excluding carboxylic acids is 1. The summed E-state index contributed by atoms with van der Waals surface area (Å²) in [6, 6.07) is 6.71. The third-order valence-corrected chi connectivity index (χ3v) is 3.44. The van der Waals surface area contributed by atoms with Gasteiger partial charge in [-0.2, -0.15) is 0 Å². The van der Waals surface area contributed by atoms with Gasteiger partial charge in [-0.15, -0.1) is 0 Å². The van der Waals surface area contributed by atoms with Crippen LogP contribution in [0, 0.1) is 0 Å². The number of benzene rings is 1. The van der Waals surface area contributed by atoms with Crippen molar-refractivity contribution in [2.45, 2.75) is 24.8 Å². The van der Waals surface area contributed by atoms with Crippen LogP contribution in [0.2, 0.25) is 5.02 Å². The summed E-state index contributed by atoms with van der Waals surface area (Å²) in [5.74, 6) is 0. The highest BCUT2D eigenvalue weighted by Gasteiger charge is 2.37. The Labute approximate surface area is 105 Å². The maximum Gasteiger partial charge on any atom is 0.319 e. The Bertz CT molecular complexity index is 413. The lowest BCUT2D eigenvalue weighted by Gasteiger charge is -2.40. The lowest BCUT2D eigenvalue weighted by molar-refractivity contribution is 0.0984. The van der Waals surface area contributed by atoms with Gasteiger partial charge in [0.2, 0.25) is 0 Å². The summed E-state index contributed by atoms with van der Waals surface area (Å²) in [5, 5.41) is 15.2. The van der Waals surface area contributed by atoms with Crippen LogP contribution < -0.4 is 10.6 Å². The molecule has 1 aliphatic carbocycles. The van der Waals surface area contributed by atoms with Crippen molar-refractivity contribution in [3.8, 4) is 0 Å². The van der Waals surface area contributed by atoms with E-state index in [1.54, 1.807) is 24.3 Å². The fourth-order valence-electron chi connectivity index (χ4n) is 1.88. The van der Waals surface area contributed by atoms with Crippen molar-refractivity contribution in [2.75, 3.05) is 11.9 Å². The first kappa shape index (κ1) is 12.2. The topological polar surface area (TPSA) is 61.4 Å². The van der Waals surface area contributed by atoms with Crippen LogP contribution in [-0.4, -0.2) is 23.3 Å². The molecule has 1 fully saturated rings. The number of hydrogen-bond acceptors (Lipinski definition) is 2. The molecular formula is C12H15ClN2O2. The molecule has 1 aliphatic rings. The molecule has 1 aromatic rings. The summed E-state index contributed by atoms with van der Waals surface area (Å²) in [4.78, 5) is 11.7. The zero-order chi connectivity index (χ0) is 12.3. The molecule has 5 heteroatoms. The Morgan fingerprint density at radius 1 is 1.41 bits per heavy atom. The summed E-state index contributed by atoms with van der Waals surface area (Å²) < 4.78 is 0. The van der Waals surface area contributed by atoms with Crippen LogP contribution in [0.4, 0.5) is 10.5 Å². The maximum absolute atomic E-state index is 11.7. The van der Waals surface area contributed by atoms with Gasteiger partial charge in [-0.3, -0.25) is 0 Å². The second kappa shape index (κ2) is 4.94. The van der Waals surface area contributed by atoms with Crippen LogP contribution in [0.5, 0.6) is 0 Å². The summed E-state index contributed by atoms with van der Waals surface area (Å²) in [6.45, 7) is -0.0249. The third kappa shape index (κ3) is 2.70. The number of amides is 2. The Morgan fingerprint density at radius 2 is 2.12 bits per heavy atom. The highest BCUT2D eigenvalue weighted by Crippen LogP contribution is 2.31. The molecule has 0 bridgehead atoms. The minimum Gasteiger partial charge on any atom is -0.394 e. The summed E-state index contributed by atoms with van der Waals surface area (Å²) in [7, 11) is 0. The average Bonchev–Trinajstić information content (AvgIpc) is 2.27. The number of halogens is 1. The molecule has 0 spiro atoms. The number of carbonyl (C=O) groups is 1. The van der Waals surface area contributed by atoms with Crippen molar-refractivity contribution in [1.29, 1.82) is 0 Å². The molecule has 0 aromatic heterocycles. The van der Waals surface area contributed by atoms with E-state index in [1.165, 1.54) is 0 Å². The van der Waals surface area contributed by atoms with Crippen LogP contribution in [0.15, 0.2) is 24.3 Å². The predicted octanol–water partition coefficient (Wildman–Crippen LogP) is 2.38.